The average Bonchev–Trinajstić information content (AvgIpc) is 2.90. The molecule has 1 aliphatic rings. The third-order valence-electron chi connectivity index (χ3n) is 2.46. The lowest BCUT2D eigenvalue weighted by atomic mass is 9.87. The number of rotatable bonds is 2. The fourth-order valence-corrected chi connectivity index (χ4v) is 1.91. The van der Waals surface area contributed by atoms with Gasteiger partial charge in [0, 0.05) is 5.56 Å². The highest BCUT2D eigenvalue weighted by Crippen LogP contribution is 2.35. The lowest BCUT2D eigenvalue weighted by Crippen LogP contribution is -2.14. The van der Waals surface area contributed by atoms with Crippen LogP contribution in [0.3, 0.4) is 0 Å². The normalized spacial score (nSPS) is 16.5. The highest BCUT2D eigenvalue weighted by atomic mass is 127. The Balaban J connectivity index is 2.34. The molecule has 1 aliphatic carbocycles. The van der Waals surface area contributed by atoms with Crippen molar-refractivity contribution >= 4 is 22.6 Å². The topological polar surface area (TPSA) is 22.1 Å². The minimum Gasteiger partial charge on any atom is -0.489 e. The number of aromatic nitrogens is 1. The Bertz CT molecular complexity index is 366. The molecule has 1 aromatic rings. The molecule has 1 fully saturated rings. The second kappa shape index (κ2) is 3.92. The van der Waals surface area contributed by atoms with Crippen LogP contribution in [0.15, 0.2) is 12.3 Å². The Hall–Kier alpha value is -0.320. The van der Waals surface area contributed by atoms with Crippen LogP contribution in [0, 0.1) is 3.70 Å². The quantitative estimate of drug-likeness (QED) is 0.615. The molecule has 0 bridgehead atoms. The molecule has 3 heteroatoms. The maximum atomic E-state index is 5.87. The molecule has 0 radical (unpaired) electrons. The minimum atomic E-state index is 0.118. The Morgan fingerprint density at radius 2 is 2.07 bits per heavy atom. The van der Waals surface area contributed by atoms with Crippen LogP contribution in [0.1, 0.15) is 39.2 Å². The van der Waals surface area contributed by atoms with Gasteiger partial charge in [-0.15, -0.1) is 0 Å². The first-order chi connectivity index (χ1) is 6.97. The van der Waals surface area contributed by atoms with Crippen molar-refractivity contribution < 1.29 is 4.74 Å². The lowest BCUT2D eigenvalue weighted by Gasteiger charge is -2.22. The maximum absolute atomic E-state index is 5.87. The fourth-order valence-electron chi connectivity index (χ4n) is 1.46. The van der Waals surface area contributed by atoms with Gasteiger partial charge in [-0.3, -0.25) is 0 Å². The summed E-state index contributed by atoms with van der Waals surface area (Å²) in [6.45, 7) is 6.62. The number of ether oxygens (including phenoxy) is 1. The van der Waals surface area contributed by atoms with Crippen LogP contribution < -0.4 is 4.74 Å². The maximum Gasteiger partial charge on any atom is 0.141 e. The van der Waals surface area contributed by atoms with E-state index >= 15 is 0 Å². The molecule has 2 nitrogen and oxygen atoms in total. The van der Waals surface area contributed by atoms with Crippen molar-refractivity contribution in [1.29, 1.82) is 0 Å². The van der Waals surface area contributed by atoms with Crippen molar-refractivity contribution in [3.05, 3.63) is 21.5 Å². The van der Waals surface area contributed by atoms with Crippen LogP contribution in [-0.2, 0) is 5.41 Å². The van der Waals surface area contributed by atoms with Crippen molar-refractivity contribution in [2.24, 2.45) is 0 Å². The van der Waals surface area contributed by atoms with E-state index in [9.17, 15) is 0 Å². The summed E-state index contributed by atoms with van der Waals surface area (Å²) in [7, 11) is 0. The summed E-state index contributed by atoms with van der Waals surface area (Å²) in [6, 6.07) is 2.12. The van der Waals surface area contributed by atoms with E-state index in [1.807, 2.05) is 6.20 Å². The zero-order chi connectivity index (χ0) is 11.1. The molecular weight excluding hydrogens is 301 g/mol. The van der Waals surface area contributed by atoms with E-state index in [0.717, 1.165) is 9.45 Å². The Morgan fingerprint density at radius 3 is 2.60 bits per heavy atom. The number of halogens is 1. The zero-order valence-electron chi connectivity index (χ0n) is 9.38. The van der Waals surface area contributed by atoms with Crippen LogP contribution >= 0.6 is 22.6 Å². The second-order valence-corrected chi connectivity index (χ2v) is 6.18. The molecule has 0 saturated heterocycles. The van der Waals surface area contributed by atoms with Crippen molar-refractivity contribution in [3.63, 3.8) is 0 Å². The van der Waals surface area contributed by atoms with Gasteiger partial charge in [0.25, 0.3) is 0 Å². The third-order valence-corrected chi connectivity index (χ3v) is 3.05. The van der Waals surface area contributed by atoms with Gasteiger partial charge in [-0.05, 0) is 46.9 Å². The van der Waals surface area contributed by atoms with Crippen molar-refractivity contribution in [3.8, 4) is 5.75 Å². The first-order valence-electron chi connectivity index (χ1n) is 5.29. The summed E-state index contributed by atoms with van der Waals surface area (Å²) in [4.78, 5) is 4.30. The number of hydrogen-bond acceptors (Lipinski definition) is 2. The summed E-state index contributed by atoms with van der Waals surface area (Å²) in [5.41, 5.74) is 1.38. The molecule has 0 amide bonds. The third kappa shape index (κ3) is 2.83. The van der Waals surface area contributed by atoms with Gasteiger partial charge in [-0.1, -0.05) is 20.8 Å². The van der Waals surface area contributed by atoms with E-state index in [1.54, 1.807) is 0 Å². The molecule has 0 spiro atoms. The monoisotopic (exact) mass is 317 g/mol. The largest absolute Gasteiger partial charge is 0.489 e. The van der Waals surface area contributed by atoms with E-state index in [-0.39, 0.29) is 5.41 Å². The van der Waals surface area contributed by atoms with E-state index in [4.69, 9.17) is 4.74 Å². The summed E-state index contributed by atoms with van der Waals surface area (Å²) in [6.07, 6.45) is 4.68. The summed E-state index contributed by atoms with van der Waals surface area (Å²) in [5, 5.41) is 0. The van der Waals surface area contributed by atoms with Gasteiger partial charge in [0.15, 0.2) is 0 Å². The number of pyridine rings is 1. The Labute approximate surface area is 105 Å². The SMILES string of the molecule is CC(C)(C)c1cc(I)ncc1OC1CC1. The molecule has 1 aromatic heterocycles. The van der Waals surface area contributed by atoms with Crippen LogP contribution in [0.4, 0.5) is 0 Å². The summed E-state index contributed by atoms with van der Waals surface area (Å²) < 4.78 is 6.90. The highest BCUT2D eigenvalue weighted by molar-refractivity contribution is 14.1. The summed E-state index contributed by atoms with van der Waals surface area (Å²) >= 11 is 2.24. The van der Waals surface area contributed by atoms with Crippen molar-refractivity contribution in [1.82, 2.24) is 4.98 Å². The molecule has 0 aliphatic heterocycles. The number of nitrogens with zero attached hydrogens (tertiary/aromatic N) is 1. The summed E-state index contributed by atoms with van der Waals surface area (Å²) in [5.74, 6) is 0.963. The van der Waals surface area contributed by atoms with Gasteiger partial charge in [-0.25, -0.2) is 4.98 Å². The number of hydrogen-bond donors (Lipinski definition) is 0. The van der Waals surface area contributed by atoms with Gasteiger partial charge >= 0.3 is 0 Å². The van der Waals surface area contributed by atoms with Crippen LogP contribution in [0.5, 0.6) is 5.75 Å². The standard InChI is InChI=1S/C12H16INO/c1-12(2,3)9-6-11(13)14-7-10(9)15-8-4-5-8/h6-8H,4-5H2,1-3H3. The first-order valence-corrected chi connectivity index (χ1v) is 6.37. The minimum absolute atomic E-state index is 0.118. The zero-order valence-corrected chi connectivity index (χ0v) is 11.5. The predicted molar refractivity (Wildman–Crippen MR) is 69.3 cm³/mol. The van der Waals surface area contributed by atoms with Gasteiger partial charge in [0.1, 0.15) is 9.45 Å². The highest BCUT2D eigenvalue weighted by Gasteiger charge is 2.27. The van der Waals surface area contributed by atoms with Crippen LogP contribution in [-0.4, -0.2) is 11.1 Å². The van der Waals surface area contributed by atoms with E-state index < -0.39 is 0 Å². The fraction of sp³-hybridized carbons (Fsp3) is 0.583. The molecule has 15 heavy (non-hydrogen) atoms. The molecule has 1 heterocycles. The molecule has 0 atom stereocenters. The van der Waals surface area contributed by atoms with E-state index in [1.165, 1.54) is 18.4 Å². The van der Waals surface area contributed by atoms with Crippen LogP contribution in [0.25, 0.3) is 0 Å². The van der Waals surface area contributed by atoms with Gasteiger partial charge < -0.3 is 4.74 Å². The Kier molecular flexibility index (Phi) is 2.92. The molecule has 2 rings (SSSR count). The van der Waals surface area contributed by atoms with Crippen molar-refractivity contribution in [2.75, 3.05) is 0 Å². The molecule has 82 valence electrons. The van der Waals surface area contributed by atoms with E-state index in [2.05, 4.69) is 54.4 Å². The molecule has 0 unspecified atom stereocenters. The molecule has 0 N–H and O–H groups in total. The second-order valence-electron chi connectivity index (χ2n) is 5.07. The Morgan fingerprint density at radius 1 is 1.40 bits per heavy atom. The van der Waals surface area contributed by atoms with Gasteiger partial charge in [0.2, 0.25) is 0 Å². The smallest absolute Gasteiger partial charge is 0.141 e. The molecular formula is C12H16INO. The van der Waals surface area contributed by atoms with E-state index in [0.29, 0.717) is 6.10 Å². The molecule has 0 aromatic carbocycles. The lowest BCUT2D eigenvalue weighted by molar-refractivity contribution is 0.293. The predicted octanol–water partition coefficient (Wildman–Crippen LogP) is 3.52. The average molecular weight is 317 g/mol. The molecule has 1 saturated carbocycles. The van der Waals surface area contributed by atoms with Crippen molar-refractivity contribution in [2.45, 2.75) is 45.1 Å². The van der Waals surface area contributed by atoms with Gasteiger partial charge in [-0.2, -0.15) is 0 Å². The first kappa shape index (κ1) is 11.2. The van der Waals surface area contributed by atoms with Gasteiger partial charge in [0.05, 0.1) is 12.3 Å². The van der Waals surface area contributed by atoms with Crippen LogP contribution in [0.2, 0.25) is 0 Å².